The van der Waals surface area contributed by atoms with Gasteiger partial charge in [-0.2, -0.15) is 0 Å². The maximum absolute atomic E-state index is 7.13. The van der Waals surface area contributed by atoms with Crippen LogP contribution >= 0.6 is 0 Å². The van der Waals surface area contributed by atoms with E-state index in [4.69, 9.17) is 19.5 Å². The van der Waals surface area contributed by atoms with Crippen LogP contribution in [0.25, 0.3) is 38.8 Å². The summed E-state index contributed by atoms with van der Waals surface area (Å²) in [6.45, 7) is 25.0. The van der Waals surface area contributed by atoms with Crippen molar-refractivity contribution >= 4 is 27.8 Å². The van der Waals surface area contributed by atoms with Crippen LogP contribution in [0.15, 0.2) is 114 Å². The van der Waals surface area contributed by atoms with Crippen molar-refractivity contribution in [3.8, 4) is 28.3 Å². The van der Waals surface area contributed by atoms with Crippen LogP contribution in [0.1, 0.15) is 154 Å². The van der Waals surface area contributed by atoms with Crippen LogP contribution in [0.3, 0.4) is 0 Å². The Hall–Kier alpha value is -4.99. The molecule has 2 aliphatic rings. The molecular weight excluding hydrogens is 978 g/mol. The Kier molecular flexibility index (Phi) is 12.9. The van der Waals surface area contributed by atoms with Crippen LogP contribution in [-0.4, -0.2) is 21.5 Å². The fourth-order valence-corrected chi connectivity index (χ4v) is 9.96. The van der Waals surface area contributed by atoms with E-state index < -0.39 is 0 Å². The molecule has 5 aromatic carbocycles. The van der Waals surface area contributed by atoms with Gasteiger partial charge in [0, 0.05) is 28.5 Å². The van der Waals surface area contributed by atoms with Crippen molar-refractivity contribution in [1.29, 1.82) is 0 Å². The molecule has 1 aliphatic heterocycles. The smallest absolute Gasteiger partial charge is 0.510 e. The van der Waals surface area contributed by atoms with Crippen molar-refractivity contribution in [3.63, 3.8) is 0 Å². The molecule has 0 spiro atoms. The maximum atomic E-state index is 7.13. The standard InChI is InChI=1S/C59H65N3O2.Pt/c1-37(2)47-24-18-26-50(59(9,10)11)52(47)40-30-41(56-61-53(38-20-14-12-15-21-38)54(64-56)39-22-16-13-17-23-39)32-45(31-40)63-46-34-43(58(6,7)8)33-44(36-46)62-51-28-27-42(57(3,4)5)35-49(51)48-25-19-29-60-55(48)62;/h13,16-19,22-31,33-35,37-38,53-54H,12,14-15,20-21H2,1-11H3;/q-2;+2/t53-,54-;/m1./s1. The normalized spacial score (nSPS) is 17.3. The van der Waals surface area contributed by atoms with Crippen molar-refractivity contribution in [2.45, 2.75) is 143 Å². The molecule has 0 unspecified atom stereocenters. The Morgan fingerprint density at radius 2 is 1.42 bits per heavy atom. The van der Waals surface area contributed by atoms with E-state index in [1.165, 1.54) is 65.3 Å². The van der Waals surface area contributed by atoms with E-state index in [1.807, 2.05) is 12.3 Å². The van der Waals surface area contributed by atoms with Gasteiger partial charge in [-0.05, 0) is 93.0 Å². The molecule has 3 heterocycles. The van der Waals surface area contributed by atoms with E-state index >= 15 is 0 Å². The molecule has 6 heteroatoms. The summed E-state index contributed by atoms with van der Waals surface area (Å²) in [7, 11) is 0. The topological polar surface area (TPSA) is 48.6 Å². The van der Waals surface area contributed by atoms with Gasteiger partial charge in [-0.15, -0.1) is 29.8 Å². The number of nitrogens with zero attached hydrogens (tertiary/aromatic N) is 3. The average molecular weight is 1040 g/mol. The largest absolute Gasteiger partial charge is 2.00 e. The van der Waals surface area contributed by atoms with Crippen LogP contribution < -0.4 is 4.74 Å². The second-order valence-electron chi connectivity index (χ2n) is 21.8. The van der Waals surface area contributed by atoms with Gasteiger partial charge in [0.05, 0.1) is 11.6 Å². The third-order valence-electron chi connectivity index (χ3n) is 13.5. The quantitative estimate of drug-likeness (QED) is 0.143. The zero-order valence-electron chi connectivity index (χ0n) is 40.2. The van der Waals surface area contributed by atoms with Crippen LogP contribution in [-0.2, 0) is 42.0 Å². The molecule has 9 rings (SSSR count). The molecule has 1 fully saturated rings. The summed E-state index contributed by atoms with van der Waals surface area (Å²) < 4.78 is 16.4. The van der Waals surface area contributed by atoms with E-state index in [0.29, 0.717) is 29.2 Å². The fourth-order valence-electron chi connectivity index (χ4n) is 9.96. The van der Waals surface area contributed by atoms with Gasteiger partial charge in [0.2, 0.25) is 0 Å². The molecule has 338 valence electrons. The summed E-state index contributed by atoms with van der Waals surface area (Å²) >= 11 is 0. The minimum Gasteiger partial charge on any atom is -0.510 e. The first-order valence-electron chi connectivity index (χ1n) is 23.6. The Labute approximate surface area is 402 Å². The zero-order valence-corrected chi connectivity index (χ0v) is 42.5. The van der Waals surface area contributed by atoms with Gasteiger partial charge in [0.1, 0.15) is 17.6 Å². The molecule has 2 atom stereocenters. The third-order valence-corrected chi connectivity index (χ3v) is 13.5. The van der Waals surface area contributed by atoms with Crippen molar-refractivity contribution in [2.24, 2.45) is 10.9 Å². The first kappa shape index (κ1) is 46.5. The Balaban J connectivity index is 0.00000576. The number of aromatic nitrogens is 2. The second kappa shape index (κ2) is 18.0. The molecule has 7 aromatic rings. The van der Waals surface area contributed by atoms with Crippen LogP contribution in [0.5, 0.6) is 11.5 Å². The monoisotopic (exact) mass is 1040 g/mol. The first-order valence-corrected chi connectivity index (χ1v) is 23.6. The van der Waals surface area contributed by atoms with Crippen LogP contribution in [0.2, 0.25) is 0 Å². The van der Waals surface area contributed by atoms with Gasteiger partial charge in [0.25, 0.3) is 0 Å². The van der Waals surface area contributed by atoms with Gasteiger partial charge in [-0.1, -0.05) is 179 Å². The van der Waals surface area contributed by atoms with Crippen LogP contribution in [0, 0.1) is 18.1 Å². The molecular formula is C59H65N3O2Pt. The van der Waals surface area contributed by atoms with Crippen molar-refractivity contribution < 1.29 is 30.5 Å². The van der Waals surface area contributed by atoms with Gasteiger partial charge < -0.3 is 14.0 Å². The van der Waals surface area contributed by atoms with E-state index in [0.717, 1.165) is 38.9 Å². The summed E-state index contributed by atoms with van der Waals surface area (Å²) in [5, 5.41) is 2.29. The summed E-state index contributed by atoms with van der Waals surface area (Å²) in [5.41, 5.74) is 11.8. The number of hydrogen-bond donors (Lipinski definition) is 0. The first-order chi connectivity index (χ1) is 30.4. The molecule has 1 aliphatic carbocycles. The predicted molar refractivity (Wildman–Crippen MR) is 266 cm³/mol. The third kappa shape index (κ3) is 9.38. The summed E-state index contributed by atoms with van der Waals surface area (Å²) in [5.74, 6) is 2.61. The number of pyridine rings is 1. The number of ether oxygens (including phenoxy) is 2. The molecule has 65 heavy (non-hydrogen) atoms. The number of benzene rings is 5. The molecule has 5 nitrogen and oxygen atoms in total. The number of aliphatic imine (C=N–C) groups is 1. The number of hydrogen-bond acceptors (Lipinski definition) is 4. The fraction of sp³-hybridized carbons (Fsp3) is 0.390. The Bertz CT molecular complexity index is 2860. The van der Waals surface area contributed by atoms with E-state index in [1.54, 1.807) is 0 Å². The molecule has 0 amide bonds. The van der Waals surface area contributed by atoms with E-state index in [2.05, 4.69) is 190 Å². The Morgan fingerprint density at radius 1 is 0.692 bits per heavy atom. The van der Waals surface area contributed by atoms with Gasteiger partial charge in [-0.25, -0.2) is 4.98 Å². The predicted octanol–water partition coefficient (Wildman–Crippen LogP) is 15.7. The summed E-state index contributed by atoms with van der Waals surface area (Å²) in [6, 6.07) is 44.8. The van der Waals surface area contributed by atoms with Crippen molar-refractivity contribution in [3.05, 3.63) is 155 Å². The Morgan fingerprint density at radius 3 is 2.11 bits per heavy atom. The number of rotatable bonds is 8. The van der Waals surface area contributed by atoms with E-state index in [-0.39, 0.29) is 49.5 Å². The SMILES string of the molecule is CC(C)c1cccc(C(C)(C)C)c1-c1cc(Oc2[c-]c(-n3c4ccc(C(C)(C)C)cc4c4cccnc43)cc(C(C)(C)C)c2)[c-]c(C2=N[C@H](C3CCCCC3)[C@@H](c3ccccc3)O2)c1.[Pt+2]. The van der Waals surface area contributed by atoms with Gasteiger partial charge >= 0.3 is 21.1 Å². The minimum atomic E-state index is -0.185. The van der Waals surface area contributed by atoms with Gasteiger partial charge in [-0.3, -0.25) is 4.99 Å². The molecule has 0 radical (unpaired) electrons. The number of fused-ring (bicyclic) bond motifs is 3. The second-order valence-corrected chi connectivity index (χ2v) is 21.8. The maximum Gasteiger partial charge on any atom is 2.00 e. The minimum absolute atomic E-state index is 0. The summed E-state index contributed by atoms with van der Waals surface area (Å²) in [6.07, 6.45) is 7.83. The van der Waals surface area contributed by atoms with Gasteiger partial charge in [0.15, 0.2) is 0 Å². The molecule has 2 aromatic heterocycles. The van der Waals surface area contributed by atoms with Crippen LogP contribution in [0.4, 0.5) is 0 Å². The zero-order chi connectivity index (χ0) is 45.1. The van der Waals surface area contributed by atoms with Crippen molar-refractivity contribution in [1.82, 2.24) is 9.55 Å². The molecule has 1 saturated carbocycles. The summed E-state index contributed by atoms with van der Waals surface area (Å²) in [4.78, 5) is 10.5. The average Bonchev–Trinajstić information content (AvgIpc) is 3.86. The van der Waals surface area contributed by atoms with Crippen molar-refractivity contribution in [2.75, 3.05) is 0 Å². The molecule has 0 bridgehead atoms. The van der Waals surface area contributed by atoms with E-state index in [9.17, 15) is 0 Å². The molecule has 0 saturated heterocycles. The molecule has 0 N–H and O–H groups in total.